The minimum atomic E-state index is -0.0645. The molecule has 0 N–H and O–H groups in total. The summed E-state index contributed by atoms with van der Waals surface area (Å²) in [5.41, 5.74) is 0.962. The Kier molecular flexibility index (Phi) is 6.22. The summed E-state index contributed by atoms with van der Waals surface area (Å²) in [6, 6.07) is 3.97. The van der Waals surface area contributed by atoms with E-state index in [1.165, 1.54) is 0 Å². The number of ether oxygens (including phenoxy) is 1. The van der Waals surface area contributed by atoms with Crippen molar-refractivity contribution in [1.29, 1.82) is 0 Å². The minimum absolute atomic E-state index is 0.0570. The van der Waals surface area contributed by atoms with Gasteiger partial charge in [0.15, 0.2) is 6.61 Å². The highest BCUT2D eigenvalue weighted by molar-refractivity contribution is 5.78. The average molecular weight is 412 g/mol. The molecule has 2 fully saturated rings. The second kappa shape index (κ2) is 9.21. The van der Waals surface area contributed by atoms with Crippen molar-refractivity contribution in [2.24, 2.45) is 0 Å². The van der Waals surface area contributed by atoms with Gasteiger partial charge in [-0.2, -0.15) is 4.98 Å². The fourth-order valence-corrected chi connectivity index (χ4v) is 3.61. The van der Waals surface area contributed by atoms with E-state index >= 15 is 0 Å². The Balaban J connectivity index is 1.33. The van der Waals surface area contributed by atoms with Crippen LogP contribution in [0.1, 0.15) is 5.69 Å². The zero-order valence-corrected chi connectivity index (χ0v) is 17.6. The molecule has 0 unspecified atom stereocenters. The SMILES string of the molecule is Cc1cc(N2CCN(C)CC2)nc(N2CCN(C(=O)COc3ncccn3)CC2)n1. The van der Waals surface area contributed by atoms with Crippen LogP contribution in [0.3, 0.4) is 0 Å². The summed E-state index contributed by atoms with van der Waals surface area (Å²) in [6.45, 7) is 8.58. The molecule has 4 heterocycles. The van der Waals surface area contributed by atoms with Gasteiger partial charge in [-0.1, -0.05) is 0 Å². The second-order valence-electron chi connectivity index (χ2n) is 7.65. The van der Waals surface area contributed by atoms with E-state index in [-0.39, 0.29) is 18.5 Å². The minimum Gasteiger partial charge on any atom is -0.453 e. The van der Waals surface area contributed by atoms with Crippen molar-refractivity contribution in [3.05, 3.63) is 30.2 Å². The Hall–Kier alpha value is -3.01. The van der Waals surface area contributed by atoms with E-state index in [9.17, 15) is 4.79 Å². The van der Waals surface area contributed by atoms with Gasteiger partial charge in [0, 0.05) is 76.5 Å². The number of hydrogen-bond acceptors (Lipinski definition) is 9. The highest BCUT2D eigenvalue weighted by Crippen LogP contribution is 2.20. The molecule has 0 spiro atoms. The molecular formula is C20H28N8O2. The third-order valence-corrected chi connectivity index (χ3v) is 5.44. The van der Waals surface area contributed by atoms with Crippen molar-refractivity contribution in [3.63, 3.8) is 0 Å². The maximum Gasteiger partial charge on any atom is 0.316 e. The van der Waals surface area contributed by atoms with E-state index in [1.54, 1.807) is 23.4 Å². The Labute approximate surface area is 176 Å². The van der Waals surface area contributed by atoms with Crippen LogP contribution in [0.5, 0.6) is 6.01 Å². The lowest BCUT2D eigenvalue weighted by molar-refractivity contribution is -0.133. The van der Waals surface area contributed by atoms with Crippen LogP contribution in [0.25, 0.3) is 0 Å². The summed E-state index contributed by atoms with van der Waals surface area (Å²) >= 11 is 0. The number of piperazine rings is 2. The van der Waals surface area contributed by atoms with E-state index in [2.05, 4.69) is 42.8 Å². The van der Waals surface area contributed by atoms with Crippen LogP contribution in [0.2, 0.25) is 0 Å². The van der Waals surface area contributed by atoms with Crippen LogP contribution in [0.15, 0.2) is 24.5 Å². The fraction of sp³-hybridized carbons (Fsp3) is 0.550. The lowest BCUT2D eigenvalue weighted by Gasteiger charge is -2.36. The number of anilines is 2. The molecule has 0 aliphatic carbocycles. The number of carbonyl (C=O) groups excluding carboxylic acids is 1. The molecule has 4 rings (SSSR count). The summed E-state index contributed by atoms with van der Waals surface area (Å²) in [4.78, 5) is 38.5. The molecule has 0 bridgehead atoms. The number of carbonyl (C=O) groups is 1. The molecule has 0 saturated carbocycles. The number of amides is 1. The van der Waals surface area contributed by atoms with Crippen molar-refractivity contribution in [2.45, 2.75) is 6.92 Å². The highest BCUT2D eigenvalue weighted by Gasteiger charge is 2.24. The maximum atomic E-state index is 12.4. The molecule has 1 amide bonds. The van der Waals surface area contributed by atoms with Crippen molar-refractivity contribution in [1.82, 2.24) is 29.7 Å². The molecule has 2 aromatic heterocycles. The molecular weight excluding hydrogens is 384 g/mol. The lowest BCUT2D eigenvalue weighted by atomic mass is 10.3. The molecule has 0 aromatic carbocycles. The normalized spacial score (nSPS) is 17.9. The molecule has 0 radical (unpaired) electrons. The van der Waals surface area contributed by atoms with Crippen LogP contribution in [-0.2, 0) is 4.79 Å². The van der Waals surface area contributed by atoms with Crippen molar-refractivity contribution >= 4 is 17.7 Å². The van der Waals surface area contributed by atoms with E-state index < -0.39 is 0 Å². The number of rotatable bonds is 5. The standard InChI is InChI=1S/C20H28N8O2/c1-16-14-17(26-8-6-25(2)7-9-26)24-19(23-16)28-12-10-27(11-13-28)18(29)15-30-20-21-4-3-5-22-20/h3-5,14H,6-13,15H2,1-2H3. The zero-order valence-electron chi connectivity index (χ0n) is 17.6. The summed E-state index contributed by atoms with van der Waals surface area (Å²) in [7, 11) is 2.15. The van der Waals surface area contributed by atoms with Crippen LogP contribution >= 0.6 is 0 Å². The molecule has 2 aliphatic heterocycles. The molecule has 30 heavy (non-hydrogen) atoms. The first kappa shape index (κ1) is 20.3. The first-order valence-electron chi connectivity index (χ1n) is 10.3. The summed E-state index contributed by atoms with van der Waals surface area (Å²) < 4.78 is 5.38. The topological polar surface area (TPSA) is 90.8 Å². The second-order valence-corrected chi connectivity index (χ2v) is 7.65. The molecule has 2 saturated heterocycles. The average Bonchev–Trinajstić information content (AvgIpc) is 2.78. The third kappa shape index (κ3) is 4.93. The van der Waals surface area contributed by atoms with Crippen molar-refractivity contribution < 1.29 is 9.53 Å². The van der Waals surface area contributed by atoms with E-state index in [0.29, 0.717) is 26.2 Å². The van der Waals surface area contributed by atoms with Gasteiger partial charge in [0.05, 0.1) is 0 Å². The van der Waals surface area contributed by atoms with Gasteiger partial charge in [-0.15, -0.1) is 0 Å². The van der Waals surface area contributed by atoms with Crippen LogP contribution < -0.4 is 14.5 Å². The van der Waals surface area contributed by atoms with Gasteiger partial charge < -0.3 is 24.3 Å². The molecule has 2 aliphatic rings. The zero-order chi connectivity index (χ0) is 20.9. The lowest BCUT2D eigenvalue weighted by Crippen LogP contribution is -2.50. The van der Waals surface area contributed by atoms with Crippen molar-refractivity contribution in [3.8, 4) is 6.01 Å². The summed E-state index contributed by atoms with van der Waals surface area (Å²) in [5.74, 6) is 1.66. The van der Waals surface area contributed by atoms with Crippen LogP contribution in [0, 0.1) is 6.92 Å². The Morgan fingerprint density at radius 3 is 2.33 bits per heavy atom. The number of aryl methyl sites for hydroxylation is 1. The van der Waals surface area contributed by atoms with E-state index in [1.807, 2.05) is 6.92 Å². The quantitative estimate of drug-likeness (QED) is 0.676. The monoisotopic (exact) mass is 412 g/mol. The van der Waals surface area contributed by atoms with Crippen LogP contribution in [-0.4, -0.2) is 102 Å². The number of hydrogen-bond donors (Lipinski definition) is 0. The Morgan fingerprint density at radius 2 is 1.63 bits per heavy atom. The number of likely N-dealkylation sites (N-methyl/N-ethyl adjacent to an activating group) is 1. The molecule has 10 heteroatoms. The first-order chi connectivity index (χ1) is 14.6. The summed E-state index contributed by atoms with van der Waals surface area (Å²) in [6.07, 6.45) is 3.17. The smallest absolute Gasteiger partial charge is 0.316 e. The van der Waals surface area contributed by atoms with Gasteiger partial charge in [-0.3, -0.25) is 4.79 Å². The number of aromatic nitrogens is 4. The third-order valence-electron chi connectivity index (χ3n) is 5.44. The van der Waals surface area contributed by atoms with Gasteiger partial charge in [-0.05, 0) is 20.0 Å². The van der Waals surface area contributed by atoms with Crippen molar-refractivity contribution in [2.75, 3.05) is 75.8 Å². The maximum absolute atomic E-state index is 12.4. The number of nitrogens with zero attached hydrogens (tertiary/aromatic N) is 8. The highest BCUT2D eigenvalue weighted by atomic mass is 16.5. The van der Waals surface area contributed by atoms with Gasteiger partial charge in [0.25, 0.3) is 5.91 Å². The molecule has 10 nitrogen and oxygen atoms in total. The Morgan fingerprint density at radius 1 is 0.967 bits per heavy atom. The molecule has 2 aromatic rings. The first-order valence-corrected chi connectivity index (χ1v) is 10.3. The molecule has 160 valence electrons. The van der Waals surface area contributed by atoms with Gasteiger partial charge in [0.1, 0.15) is 5.82 Å². The van der Waals surface area contributed by atoms with Crippen LogP contribution in [0.4, 0.5) is 11.8 Å². The summed E-state index contributed by atoms with van der Waals surface area (Å²) in [5, 5.41) is 0. The predicted octanol–water partition coefficient (Wildman–Crippen LogP) is 0.0544. The molecule has 0 atom stereocenters. The fourth-order valence-electron chi connectivity index (χ4n) is 3.61. The van der Waals surface area contributed by atoms with Gasteiger partial charge >= 0.3 is 6.01 Å². The predicted molar refractivity (Wildman–Crippen MR) is 113 cm³/mol. The van der Waals surface area contributed by atoms with E-state index in [0.717, 1.165) is 43.6 Å². The van der Waals surface area contributed by atoms with Gasteiger partial charge in [-0.25, -0.2) is 15.0 Å². The van der Waals surface area contributed by atoms with Gasteiger partial charge in [0.2, 0.25) is 5.95 Å². The largest absolute Gasteiger partial charge is 0.453 e. The Bertz CT molecular complexity index is 849. The van der Waals surface area contributed by atoms with E-state index in [4.69, 9.17) is 9.72 Å².